The van der Waals surface area contributed by atoms with Crippen LogP contribution in [0.1, 0.15) is 11.1 Å². The SMILES string of the molecule is O=C(COc1ccccc1/C=C1\SC(=S)N(CCc2ccccc2)C1=O)Nc1cccc(Cl)c1. The van der Waals surface area contributed by atoms with Crippen LogP contribution in [0.5, 0.6) is 5.75 Å². The first-order valence-corrected chi connectivity index (χ1v) is 12.2. The highest BCUT2D eigenvalue weighted by Crippen LogP contribution is 2.34. The quantitative estimate of drug-likeness (QED) is 0.308. The van der Waals surface area contributed by atoms with Crippen molar-refractivity contribution >= 4 is 63.5 Å². The molecule has 3 aromatic rings. The first kappa shape index (κ1) is 24.0. The first-order chi connectivity index (χ1) is 16.5. The van der Waals surface area contributed by atoms with Crippen molar-refractivity contribution in [2.24, 2.45) is 0 Å². The van der Waals surface area contributed by atoms with Crippen LogP contribution in [0.3, 0.4) is 0 Å². The molecule has 34 heavy (non-hydrogen) atoms. The van der Waals surface area contributed by atoms with E-state index in [4.69, 9.17) is 28.6 Å². The lowest BCUT2D eigenvalue weighted by Gasteiger charge is -2.14. The van der Waals surface area contributed by atoms with Gasteiger partial charge in [-0.1, -0.05) is 90.2 Å². The molecule has 4 rings (SSSR count). The second-order valence-corrected chi connectivity index (χ2v) is 9.57. The highest BCUT2D eigenvalue weighted by atomic mass is 35.5. The fraction of sp³-hybridized carbons (Fsp3) is 0.115. The number of nitrogens with one attached hydrogen (secondary N) is 1. The molecule has 0 spiro atoms. The lowest BCUT2D eigenvalue weighted by molar-refractivity contribution is -0.122. The Hall–Kier alpha value is -3.13. The Kier molecular flexibility index (Phi) is 8.00. The summed E-state index contributed by atoms with van der Waals surface area (Å²) >= 11 is 12.7. The number of ether oxygens (including phenoxy) is 1. The van der Waals surface area contributed by atoms with Crippen LogP contribution in [-0.4, -0.2) is 34.2 Å². The summed E-state index contributed by atoms with van der Waals surface area (Å²) in [7, 11) is 0. The third-order valence-corrected chi connectivity index (χ3v) is 6.63. The van der Waals surface area contributed by atoms with Gasteiger partial charge in [0.05, 0.1) is 4.91 Å². The maximum Gasteiger partial charge on any atom is 0.266 e. The summed E-state index contributed by atoms with van der Waals surface area (Å²) in [6, 6.07) is 24.1. The Balaban J connectivity index is 1.40. The van der Waals surface area contributed by atoms with E-state index in [0.717, 1.165) is 12.0 Å². The fourth-order valence-corrected chi connectivity index (χ4v) is 4.85. The molecule has 172 valence electrons. The average Bonchev–Trinajstić information content (AvgIpc) is 3.10. The van der Waals surface area contributed by atoms with E-state index < -0.39 is 0 Å². The van der Waals surface area contributed by atoms with Crippen molar-refractivity contribution in [2.45, 2.75) is 6.42 Å². The van der Waals surface area contributed by atoms with Gasteiger partial charge in [-0.05, 0) is 42.3 Å². The molecule has 1 saturated heterocycles. The molecule has 1 heterocycles. The molecule has 1 aliphatic rings. The zero-order chi connectivity index (χ0) is 23.9. The van der Waals surface area contributed by atoms with Gasteiger partial charge in [0.25, 0.3) is 11.8 Å². The topological polar surface area (TPSA) is 58.6 Å². The number of halogens is 1. The van der Waals surface area contributed by atoms with Crippen molar-refractivity contribution in [3.05, 3.63) is 99.9 Å². The van der Waals surface area contributed by atoms with E-state index in [1.165, 1.54) is 11.8 Å². The number of benzene rings is 3. The van der Waals surface area contributed by atoms with Crippen LogP contribution < -0.4 is 10.1 Å². The minimum absolute atomic E-state index is 0.126. The van der Waals surface area contributed by atoms with Gasteiger partial charge in [-0.2, -0.15) is 0 Å². The standard InChI is InChI=1S/C26H21ClN2O3S2/c27-20-10-6-11-21(16-20)28-24(30)17-32-22-12-5-4-9-19(22)15-23-25(31)29(26(33)34-23)14-13-18-7-2-1-3-8-18/h1-12,15-16H,13-14,17H2,(H,28,30)/b23-15-. The highest BCUT2D eigenvalue weighted by molar-refractivity contribution is 8.26. The van der Waals surface area contributed by atoms with E-state index in [1.54, 1.807) is 41.3 Å². The van der Waals surface area contributed by atoms with Gasteiger partial charge < -0.3 is 10.1 Å². The van der Waals surface area contributed by atoms with Crippen LogP contribution in [0.15, 0.2) is 83.8 Å². The fourth-order valence-electron chi connectivity index (χ4n) is 3.36. The predicted molar refractivity (Wildman–Crippen MR) is 142 cm³/mol. The molecule has 0 radical (unpaired) electrons. The number of nitrogens with zero attached hydrogens (tertiary/aromatic N) is 1. The van der Waals surface area contributed by atoms with Crippen LogP contribution in [-0.2, 0) is 16.0 Å². The number of amides is 2. The van der Waals surface area contributed by atoms with Gasteiger partial charge in [-0.3, -0.25) is 14.5 Å². The van der Waals surface area contributed by atoms with Crippen LogP contribution >= 0.6 is 35.6 Å². The smallest absolute Gasteiger partial charge is 0.266 e. The number of thiocarbonyl (C=S) groups is 1. The van der Waals surface area contributed by atoms with Crippen molar-refractivity contribution in [3.63, 3.8) is 0 Å². The molecule has 2 amide bonds. The maximum atomic E-state index is 13.0. The molecule has 0 saturated carbocycles. The number of hydrogen-bond donors (Lipinski definition) is 1. The number of hydrogen-bond acceptors (Lipinski definition) is 5. The van der Waals surface area contributed by atoms with Crippen molar-refractivity contribution < 1.29 is 14.3 Å². The number of para-hydroxylation sites is 1. The lowest BCUT2D eigenvalue weighted by Crippen LogP contribution is -2.30. The molecule has 0 bridgehead atoms. The van der Waals surface area contributed by atoms with Crippen LogP contribution in [0, 0.1) is 0 Å². The number of thioether (sulfide) groups is 1. The van der Waals surface area contributed by atoms with E-state index in [0.29, 0.717) is 37.8 Å². The second kappa shape index (κ2) is 11.3. The van der Waals surface area contributed by atoms with Crippen molar-refractivity contribution in [2.75, 3.05) is 18.5 Å². The van der Waals surface area contributed by atoms with Gasteiger partial charge >= 0.3 is 0 Å². The van der Waals surface area contributed by atoms with Crippen LogP contribution in [0.2, 0.25) is 5.02 Å². The molecule has 0 aromatic heterocycles. The van der Waals surface area contributed by atoms with E-state index in [2.05, 4.69) is 5.32 Å². The summed E-state index contributed by atoms with van der Waals surface area (Å²) in [5.41, 5.74) is 2.44. The van der Waals surface area contributed by atoms with Gasteiger partial charge in [0.1, 0.15) is 10.1 Å². The summed E-state index contributed by atoms with van der Waals surface area (Å²) in [4.78, 5) is 27.4. The minimum Gasteiger partial charge on any atom is -0.483 e. The molecular weight excluding hydrogens is 488 g/mol. The molecule has 0 unspecified atom stereocenters. The molecule has 1 aliphatic heterocycles. The molecule has 0 aliphatic carbocycles. The van der Waals surface area contributed by atoms with Crippen LogP contribution in [0.4, 0.5) is 5.69 Å². The number of anilines is 1. The Morgan fingerprint density at radius 2 is 1.82 bits per heavy atom. The summed E-state index contributed by atoms with van der Waals surface area (Å²) in [5.74, 6) is 0.0574. The molecule has 5 nitrogen and oxygen atoms in total. The van der Waals surface area contributed by atoms with Crippen molar-refractivity contribution in [1.82, 2.24) is 4.90 Å². The summed E-state index contributed by atoms with van der Waals surface area (Å²) in [5, 5.41) is 3.28. The largest absolute Gasteiger partial charge is 0.483 e. The third kappa shape index (κ3) is 6.26. The van der Waals surface area contributed by atoms with E-state index in [-0.39, 0.29) is 18.4 Å². The second-order valence-electron chi connectivity index (χ2n) is 7.45. The summed E-state index contributed by atoms with van der Waals surface area (Å²) in [6.07, 6.45) is 2.48. The van der Waals surface area contributed by atoms with Crippen LogP contribution in [0.25, 0.3) is 6.08 Å². The lowest BCUT2D eigenvalue weighted by atomic mass is 10.1. The monoisotopic (exact) mass is 508 g/mol. The normalized spacial score (nSPS) is 14.5. The molecular formula is C26H21ClN2O3S2. The van der Waals surface area contributed by atoms with E-state index >= 15 is 0 Å². The number of carbonyl (C=O) groups excluding carboxylic acids is 2. The summed E-state index contributed by atoms with van der Waals surface area (Å²) in [6.45, 7) is 0.337. The van der Waals surface area contributed by atoms with Gasteiger partial charge in [0.15, 0.2) is 6.61 Å². The Morgan fingerprint density at radius 1 is 1.06 bits per heavy atom. The summed E-state index contributed by atoms with van der Waals surface area (Å²) < 4.78 is 6.28. The Morgan fingerprint density at radius 3 is 2.62 bits per heavy atom. The van der Waals surface area contributed by atoms with Gasteiger partial charge in [0, 0.05) is 22.8 Å². The highest BCUT2D eigenvalue weighted by Gasteiger charge is 2.31. The minimum atomic E-state index is -0.315. The Bertz CT molecular complexity index is 1250. The third-order valence-electron chi connectivity index (χ3n) is 5.01. The molecule has 3 aromatic carbocycles. The average molecular weight is 509 g/mol. The zero-order valence-corrected chi connectivity index (χ0v) is 20.5. The van der Waals surface area contributed by atoms with Gasteiger partial charge in [-0.15, -0.1) is 0 Å². The number of carbonyl (C=O) groups is 2. The van der Waals surface area contributed by atoms with Gasteiger partial charge in [0.2, 0.25) is 0 Å². The van der Waals surface area contributed by atoms with Gasteiger partial charge in [-0.25, -0.2) is 0 Å². The molecule has 1 N–H and O–H groups in total. The van der Waals surface area contributed by atoms with Crippen molar-refractivity contribution in [1.29, 1.82) is 0 Å². The zero-order valence-electron chi connectivity index (χ0n) is 18.1. The Labute approximate surface area is 212 Å². The first-order valence-electron chi connectivity index (χ1n) is 10.6. The molecule has 1 fully saturated rings. The molecule has 0 atom stereocenters. The predicted octanol–water partition coefficient (Wildman–Crippen LogP) is 5.80. The van der Waals surface area contributed by atoms with E-state index in [9.17, 15) is 9.59 Å². The van der Waals surface area contributed by atoms with Crippen molar-refractivity contribution in [3.8, 4) is 5.75 Å². The number of rotatable bonds is 8. The van der Waals surface area contributed by atoms with E-state index in [1.807, 2.05) is 48.5 Å². The molecule has 8 heteroatoms. The maximum absolute atomic E-state index is 13.0.